The lowest BCUT2D eigenvalue weighted by molar-refractivity contribution is -0.128. The second-order valence-corrected chi connectivity index (χ2v) is 6.10. The highest BCUT2D eigenvalue weighted by atomic mass is 16.2. The fourth-order valence-electron chi connectivity index (χ4n) is 2.64. The van der Waals surface area contributed by atoms with E-state index in [4.69, 9.17) is 0 Å². The highest BCUT2D eigenvalue weighted by Gasteiger charge is 2.27. The van der Waals surface area contributed by atoms with Crippen molar-refractivity contribution in [1.29, 1.82) is 0 Å². The second-order valence-electron chi connectivity index (χ2n) is 6.10. The zero-order valence-corrected chi connectivity index (χ0v) is 14.3. The molecule has 1 aliphatic rings. The van der Waals surface area contributed by atoms with Crippen molar-refractivity contribution in [2.45, 2.75) is 26.4 Å². The molecule has 3 rings (SSSR count). The quantitative estimate of drug-likeness (QED) is 0.902. The van der Waals surface area contributed by atoms with Crippen LogP contribution in [0.3, 0.4) is 0 Å². The topological polar surface area (TPSA) is 70.6 Å². The Bertz CT molecular complexity index is 815. The van der Waals surface area contributed by atoms with Gasteiger partial charge in [-0.2, -0.15) is 0 Å². The van der Waals surface area contributed by atoms with Crippen LogP contribution < -0.4 is 10.6 Å². The molecule has 1 aliphatic heterocycles. The van der Waals surface area contributed by atoms with Crippen LogP contribution in [-0.4, -0.2) is 23.7 Å². The molecule has 2 atom stereocenters. The third-order valence-electron chi connectivity index (χ3n) is 4.33. The number of rotatable bonds is 4. The molecule has 0 aromatic heterocycles. The van der Waals surface area contributed by atoms with Gasteiger partial charge in [0.05, 0.1) is 11.4 Å². The minimum Gasteiger partial charge on any atom is -0.326 e. The Hall–Kier alpha value is -2.95. The van der Waals surface area contributed by atoms with Gasteiger partial charge in [-0.3, -0.25) is 9.59 Å². The Labute approximate surface area is 147 Å². The third-order valence-corrected chi connectivity index (χ3v) is 4.33. The number of para-hydroxylation sites is 1. The minimum absolute atomic E-state index is 0.172. The number of carbonyl (C=O) groups is 2. The van der Waals surface area contributed by atoms with Crippen LogP contribution in [-0.2, 0) is 9.59 Å². The molecule has 2 unspecified atom stereocenters. The number of fused-ring (bicyclic) bond motifs is 1. The Morgan fingerprint density at radius 3 is 2.56 bits per heavy atom. The molecule has 5 nitrogen and oxygen atoms in total. The zero-order valence-electron chi connectivity index (χ0n) is 14.3. The van der Waals surface area contributed by atoms with Gasteiger partial charge in [0.25, 0.3) is 5.91 Å². The molecule has 2 N–H and O–H groups in total. The van der Waals surface area contributed by atoms with Crippen LogP contribution in [0.1, 0.15) is 31.4 Å². The summed E-state index contributed by atoms with van der Waals surface area (Å²) in [5, 5.41) is 5.62. The summed E-state index contributed by atoms with van der Waals surface area (Å²) in [6.07, 6.45) is -0.251. The first-order valence-electron chi connectivity index (χ1n) is 8.44. The number of nitrogens with one attached hydrogen (secondary N) is 2. The normalized spacial score (nSPS) is 17.6. The summed E-state index contributed by atoms with van der Waals surface area (Å²) in [6, 6.07) is 17.2. The monoisotopic (exact) mass is 335 g/mol. The molecule has 0 fully saturated rings. The fraction of sp³-hybridized carbons (Fsp3) is 0.250. The molecule has 2 amide bonds. The van der Waals surface area contributed by atoms with Gasteiger partial charge in [-0.05, 0) is 12.5 Å². The van der Waals surface area contributed by atoms with Gasteiger partial charge in [-0.25, -0.2) is 4.99 Å². The van der Waals surface area contributed by atoms with Crippen LogP contribution >= 0.6 is 0 Å². The maximum absolute atomic E-state index is 12.6. The van der Waals surface area contributed by atoms with Crippen molar-refractivity contribution in [2.24, 2.45) is 10.9 Å². The summed E-state index contributed by atoms with van der Waals surface area (Å²) >= 11 is 0. The van der Waals surface area contributed by atoms with Crippen LogP contribution in [0.25, 0.3) is 0 Å². The SMILES string of the molecule is CCC(C)C(=O)NC1N=C(c2ccccc2)c2ccccc2NC1=O. The molecule has 128 valence electrons. The Morgan fingerprint density at radius 2 is 1.84 bits per heavy atom. The molecule has 0 saturated carbocycles. The smallest absolute Gasteiger partial charge is 0.269 e. The van der Waals surface area contributed by atoms with Crippen molar-refractivity contribution < 1.29 is 9.59 Å². The number of benzodiazepines with no additional fused rings is 1. The largest absolute Gasteiger partial charge is 0.326 e. The molecular weight excluding hydrogens is 314 g/mol. The van der Waals surface area contributed by atoms with Gasteiger partial charge >= 0.3 is 0 Å². The van der Waals surface area contributed by atoms with Gasteiger partial charge in [0.15, 0.2) is 0 Å². The van der Waals surface area contributed by atoms with Gasteiger partial charge in [-0.15, -0.1) is 0 Å². The Morgan fingerprint density at radius 1 is 1.16 bits per heavy atom. The Kier molecular flexibility index (Phi) is 4.93. The molecular formula is C20H21N3O2. The van der Waals surface area contributed by atoms with Gasteiger partial charge in [-0.1, -0.05) is 62.4 Å². The predicted octanol–water partition coefficient (Wildman–Crippen LogP) is 2.96. The van der Waals surface area contributed by atoms with Crippen LogP contribution in [0.4, 0.5) is 5.69 Å². The fourth-order valence-corrected chi connectivity index (χ4v) is 2.64. The Balaban J connectivity index is 2.04. The summed E-state index contributed by atoms with van der Waals surface area (Å²) in [5.41, 5.74) is 3.11. The lowest BCUT2D eigenvalue weighted by Crippen LogP contribution is -2.44. The molecule has 2 aromatic carbocycles. The molecule has 0 saturated heterocycles. The number of anilines is 1. The standard InChI is InChI=1S/C20H21N3O2/c1-3-13(2)19(24)23-18-20(25)21-16-12-8-7-11-15(16)17(22-18)14-9-5-4-6-10-14/h4-13,18H,3H2,1-2H3,(H,21,25)(H,23,24). The van der Waals surface area contributed by atoms with Crippen LogP contribution in [0, 0.1) is 5.92 Å². The van der Waals surface area contributed by atoms with E-state index in [-0.39, 0.29) is 17.7 Å². The zero-order chi connectivity index (χ0) is 17.8. The van der Waals surface area contributed by atoms with E-state index in [1.807, 2.05) is 68.4 Å². The first-order chi connectivity index (χ1) is 12.1. The van der Waals surface area contributed by atoms with Crippen molar-refractivity contribution in [2.75, 3.05) is 5.32 Å². The maximum Gasteiger partial charge on any atom is 0.269 e. The average Bonchev–Trinajstić information content (AvgIpc) is 2.78. The van der Waals surface area contributed by atoms with E-state index < -0.39 is 6.17 Å². The van der Waals surface area contributed by atoms with Gasteiger partial charge in [0.1, 0.15) is 0 Å². The predicted molar refractivity (Wildman–Crippen MR) is 98.5 cm³/mol. The van der Waals surface area contributed by atoms with Gasteiger partial charge < -0.3 is 10.6 Å². The minimum atomic E-state index is -0.955. The van der Waals surface area contributed by atoms with Gasteiger partial charge in [0.2, 0.25) is 12.1 Å². The van der Waals surface area contributed by atoms with E-state index in [0.29, 0.717) is 17.8 Å². The van der Waals surface area contributed by atoms with Gasteiger partial charge in [0, 0.05) is 17.0 Å². The van der Waals surface area contributed by atoms with Crippen molar-refractivity contribution in [3.8, 4) is 0 Å². The van der Waals surface area contributed by atoms with E-state index in [1.165, 1.54) is 0 Å². The number of carbonyl (C=O) groups excluding carboxylic acids is 2. The summed E-state index contributed by atoms with van der Waals surface area (Å²) in [5.74, 6) is -0.686. The van der Waals surface area contributed by atoms with E-state index >= 15 is 0 Å². The first kappa shape index (κ1) is 16.9. The van der Waals surface area contributed by atoms with E-state index in [9.17, 15) is 9.59 Å². The van der Waals surface area contributed by atoms with Crippen LogP contribution in [0.2, 0.25) is 0 Å². The van der Waals surface area contributed by atoms with Crippen molar-refractivity contribution in [1.82, 2.24) is 5.32 Å². The molecule has 0 bridgehead atoms. The molecule has 5 heteroatoms. The number of nitrogens with zero attached hydrogens (tertiary/aromatic N) is 1. The summed E-state index contributed by atoms with van der Waals surface area (Å²) in [6.45, 7) is 3.77. The molecule has 2 aromatic rings. The highest BCUT2D eigenvalue weighted by Crippen LogP contribution is 2.23. The summed E-state index contributed by atoms with van der Waals surface area (Å²) in [4.78, 5) is 29.4. The van der Waals surface area contributed by atoms with E-state index in [0.717, 1.165) is 11.1 Å². The summed E-state index contributed by atoms with van der Waals surface area (Å²) < 4.78 is 0. The molecule has 25 heavy (non-hydrogen) atoms. The molecule has 1 heterocycles. The number of benzene rings is 2. The van der Waals surface area contributed by atoms with Crippen LogP contribution in [0.5, 0.6) is 0 Å². The molecule has 0 radical (unpaired) electrons. The number of hydrogen-bond acceptors (Lipinski definition) is 3. The number of amides is 2. The van der Waals surface area contributed by atoms with Crippen molar-refractivity contribution >= 4 is 23.2 Å². The van der Waals surface area contributed by atoms with Crippen molar-refractivity contribution in [3.63, 3.8) is 0 Å². The second kappa shape index (κ2) is 7.30. The maximum atomic E-state index is 12.6. The average molecular weight is 335 g/mol. The highest BCUT2D eigenvalue weighted by molar-refractivity contribution is 6.19. The number of hydrogen-bond donors (Lipinski definition) is 2. The van der Waals surface area contributed by atoms with E-state index in [2.05, 4.69) is 15.6 Å². The summed E-state index contributed by atoms with van der Waals surface area (Å²) in [7, 11) is 0. The van der Waals surface area contributed by atoms with Crippen molar-refractivity contribution in [3.05, 3.63) is 65.7 Å². The number of aliphatic imine (C=N–C) groups is 1. The third kappa shape index (κ3) is 3.60. The van der Waals surface area contributed by atoms with E-state index in [1.54, 1.807) is 0 Å². The van der Waals surface area contributed by atoms with Crippen LogP contribution in [0.15, 0.2) is 59.6 Å². The molecule has 0 spiro atoms. The lowest BCUT2D eigenvalue weighted by Gasteiger charge is -2.16. The first-order valence-corrected chi connectivity index (χ1v) is 8.44. The lowest BCUT2D eigenvalue weighted by atomic mass is 10.0. The molecule has 0 aliphatic carbocycles.